The summed E-state index contributed by atoms with van der Waals surface area (Å²) in [6.07, 6.45) is 0.512. The molecule has 10 heteroatoms. The molecule has 1 aliphatic heterocycles. The van der Waals surface area contributed by atoms with Crippen LogP contribution in [0.4, 0.5) is 0 Å². The van der Waals surface area contributed by atoms with Crippen LogP contribution in [0.2, 0.25) is 5.02 Å². The molecule has 0 unspecified atom stereocenters. The average molecular weight is 427 g/mol. The van der Waals surface area contributed by atoms with Gasteiger partial charge in [-0.3, -0.25) is 9.59 Å². The lowest BCUT2D eigenvalue weighted by molar-refractivity contribution is -0.135. The first-order valence-corrected chi connectivity index (χ1v) is 9.81. The first kappa shape index (κ1) is 20.8. The van der Waals surface area contributed by atoms with Crippen molar-refractivity contribution < 1.29 is 19.1 Å². The number of amides is 2. The highest BCUT2D eigenvalue weighted by atomic mass is 35.5. The second-order valence-electron chi connectivity index (χ2n) is 7.82. The van der Waals surface area contributed by atoms with Gasteiger partial charge in [-0.2, -0.15) is 5.10 Å². The highest BCUT2D eigenvalue weighted by molar-refractivity contribution is 7.15. The Morgan fingerprint density at radius 2 is 1.93 bits per heavy atom. The van der Waals surface area contributed by atoms with Crippen molar-refractivity contribution in [3.63, 3.8) is 0 Å². The Bertz CT molecular complexity index is 977. The van der Waals surface area contributed by atoms with E-state index < -0.39 is 23.0 Å². The molecule has 28 heavy (non-hydrogen) atoms. The highest BCUT2D eigenvalue weighted by Gasteiger charge is 2.43. The van der Waals surface area contributed by atoms with E-state index in [1.54, 1.807) is 0 Å². The van der Waals surface area contributed by atoms with E-state index in [1.165, 1.54) is 23.1 Å². The lowest BCUT2D eigenvalue weighted by Gasteiger charge is -2.41. The molecule has 2 aromatic rings. The van der Waals surface area contributed by atoms with Gasteiger partial charge in [0.1, 0.15) is 5.00 Å². The van der Waals surface area contributed by atoms with Gasteiger partial charge in [0.05, 0.1) is 34.1 Å². The van der Waals surface area contributed by atoms with Crippen LogP contribution in [0.3, 0.4) is 0 Å². The zero-order chi connectivity index (χ0) is 21.0. The number of hydrogen-bond donors (Lipinski definition) is 2. The van der Waals surface area contributed by atoms with Crippen molar-refractivity contribution in [2.45, 2.75) is 51.9 Å². The minimum Gasteiger partial charge on any atom is -0.378 e. The topological polar surface area (TPSA) is 122 Å². The number of nitrogens with zero attached hydrogens (tertiary/aromatic N) is 2. The van der Waals surface area contributed by atoms with Gasteiger partial charge in [-0.25, -0.2) is 4.68 Å². The predicted octanol–water partition coefficient (Wildman–Crippen LogP) is 2.52. The van der Waals surface area contributed by atoms with Crippen molar-refractivity contribution in [1.82, 2.24) is 9.78 Å². The molecule has 3 heterocycles. The molecule has 152 valence electrons. The predicted molar refractivity (Wildman–Crippen MR) is 106 cm³/mol. The molecule has 0 saturated carbocycles. The van der Waals surface area contributed by atoms with Crippen LogP contribution < -0.4 is 11.5 Å². The van der Waals surface area contributed by atoms with Crippen LogP contribution in [0.5, 0.6) is 0 Å². The number of rotatable bonds is 5. The highest BCUT2D eigenvalue weighted by Crippen LogP contribution is 2.47. The van der Waals surface area contributed by atoms with Crippen LogP contribution in [-0.4, -0.2) is 34.3 Å². The Morgan fingerprint density at radius 1 is 1.29 bits per heavy atom. The van der Waals surface area contributed by atoms with Crippen LogP contribution >= 0.6 is 22.9 Å². The van der Waals surface area contributed by atoms with Crippen molar-refractivity contribution in [2.24, 2.45) is 11.5 Å². The summed E-state index contributed by atoms with van der Waals surface area (Å²) in [5, 5.41) is 4.82. The number of fused-ring (bicyclic) bond motifs is 1. The van der Waals surface area contributed by atoms with Gasteiger partial charge in [-0.05, 0) is 33.3 Å². The molecular formula is C18H23ClN4O4S. The molecule has 8 nitrogen and oxygen atoms in total. The molecule has 0 radical (unpaired) electrons. The van der Waals surface area contributed by atoms with Crippen LogP contribution in [0.1, 0.15) is 64.7 Å². The maximum atomic E-state index is 12.4. The lowest BCUT2D eigenvalue weighted by Crippen LogP contribution is -2.42. The van der Waals surface area contributed by atoms with Crippen LogP contribution in [0, 0.1) is 0 Å². The van der Waals surface area contributed by atoms with Crippen molar-refractivity contribution in [1.29, 1.82) is 0 Å². The second-order valence-corrected chi connectivity index (χ2v) is 9.20. The Balaban J connectivity index is 2.34. The zero-order valence-electron chi connectivity index (χ0n) is 16.4. The number of aromatic nitrogens is 2. The van der Waals surface area contributed by atoms with Gasteiger partial charge in [0.15, 0.2) is 5.69 Å². The summed E-state index contributed by atoms with van der Waals surface area (Å²) in [5.41, 5.74) is 11.5. The first-order chi connectivity index (χ1) is 12.9. The third kappa shape index (κ3) is 3.32. The Morgan fingerprint density at radius 3 is 2.46 bits per heavy atom. The average Bonchev–Trinajstić information content (AvgIpc) is 3.05. The van der Waals surface area contributed by atoms with Crippen molar-refractivity contribution in [2.75, 3.05) is 7.11 Å². The maximum absolute atomic E-state index is 12.4. The smallest absolute Gasteiger partial charge is 0.270 e. The summed E-state index contributed by atoms with van der Waals surface area (Å²) in [6, 6.07) is 0. The molecule has 2 aromatic heterocycles. The summed E-state index contributed by atoms with van der Waals surface area (Å²) in [7, 11) is 1.49. The van der Waals surface area contributed by atoms with Crippen molar-refractivity contribution >= 4 is 34.8 Å². The van der Waals surface area contributed by atoms with E-state index in [0.29, 0.717) is 22.7 Å². The zero-order valence-corrected chi connectivity index (χ0v) is 18.0. The third-order valence-corrected chi connectivity index (χ3v) is 6.45. The van der Waals surface area contributed by atoms with Gasteiger partial charge in [0, 0.05) is 18.4 Å². The molecule has 0 spiro atoms. The minimum atomic E-state index is -0.771. The molecule has 0 saturated heterocycles. The molecule has 4 N–H and O–H groups in total. The summed E-state index contributed by atoms with van der Waals surface area (Å²) in [5.74, 6) is -1.36. The number of thiophene rings is 1. The van der Waals surface area contributed by atoms with E-state index in [9.17, 15) is 9.59 Å². The molecule has 2 amide bonds. The molecule has 3 rings (SSSR count). The van der Waals surface area contributed by atoms with Crippen molar-refractivity contribution in [3.8, 4) is 5.00 Å². The lowest BCUT2D eigenvalue weighted by atomic mass is 9.86. The van der Waals surface area contributed by atoms with Gasteiger partial charge in [-0.15, -0.1) is 11.3 Å². The summed E-state index contributed by atoms with van der Waals surface area (Å²) >= 11 is 7.65. The fourth-order valence-corrected chi connectivity index (χ4v) is 5.34. The van der Waals surface area contributed by atoms with E-state index >= 15 is 0 Å². The van der Waals surface area contributed by atoms with Gasteiger partial charge in [-0.1, -0.05) is 11.6 Å². The maximum Gasteiger partial charge on any atom is 0.270 e. The number of ether oxygens (including phenoxy) is 2. The van der Waals surface area contributed by atoms with Crippen molar-refractivity contribution in [3.05, 3.63) is 32.4 Å². The summed E-state index contributed by atoms with van der Waals surface area (Å²) in [6.45, 7) is 7.89. The number of carbonyl (C=O) groups excluding carboxylic acids is 2. The molecular weight excluding hydrogens is 404 g/mol. The standard InChI is InChI=1S/C18H23ClN4O4S/c1-17(2)6-8-10(14(20)24)16(28-13(8)18(3,4)27-17)23-9(7-26-5)11(19)12(22-23)15(21)25/h6-7H2,1-5H3,(H2,20,24)(H2,21,25). The Kier molecular flexibility index (Phi) is 5.08. The quantitative estimate of drug-likeness (QED) is 0.760. The number of hydrogen-bond acceptors (Lipinski definition) is 6. The molecule has 0 aromatic carbocycles. The van der Waals surface area contributed by atoms with E-state index in [2.05, 4.69) is 5.10 Å². The van der Waals surface area contributed by atoms with Gasteiger partial charge < -0.3 is 20.9 Å². The number of nitrogens with two attached hydrogens (primary N) is 2. The van der Waals surface area contributed by atoms with Gasteiger partial charge in [0.25, 0.3) is 11.8 Å². The van der Waals surface area contributed by atoms with E-state index in [1.807, 2.05) is 27.7 Å². The van der Waals surface area contributed by atoms with E-state index in [-0.39, 0.29) is 17.3 Å². The fraction of sp³-hybridized carbons (Fsp3) is 0.500. The number of methoxy groups -OCH3 is 1. The monoisotopic (exact) mass is 426 g/mol. The summed E-state index contributed by atoms with van der Waals surface area (Å²) < 4.78 is 12.9. The van der Waals surface area contributed by atoms with E-state index in [0.717, 1.165) is 10.4 Å². The molecule has 0 bridgehead atoms. The second kappa shape index (κ2) is 6.84. The number of carbonyl (C=O) groups is 2. The molecule has 1 aliphatic rings. The third-order valence-electron chi connectivity index (χ3n) is 4.54. The minimum absolute atomic E-state index is 0.0747. The number of primary amides is 2. The van der Waals surface area contributed by atoms with E-state index in [4.69, 9.17) is 32.5 Å². The van der Waals surface area contributed by atoms with Gasteiger partial charge >= 0.3 is 0 Å². The first-order valence-electron chi connectivity index (χ1n) is 8.62. The summed E-state index contributed by atoms with van der Waals surface area (Å²) in [4.78, 5) is 25.1. The van der Waals surface area contributed by atoms with Crippen LogP contribution in [-0.2, 0) is 28.1 Å². The fourth-order valence-electron chi connectivity index (χ4n) is 3.73. The SMILES string of the molecule is COCc1c(Cl)c(C(N)=O)nn1-c1sc2c(c1C(N)=O)CC(C)(C)OC2(C)C. The Labute approximate surface area is 171 Å². The molecule has 0 atom stereocenters. The largest absolute Gasteiger partial charge is 0.378 e. The van der Waals surface area contributed by atoms with Crippen LogP contribution in [0.25, 0.3) is 5.00 Å². The van der Waals surface area contributed by atoms with Gasteiger partial charge in [0.2, 0.25) is 0 Å². The number of halogens is 1. The Hall–Kier alpha value is -1.94. The molecule has 0 aliphatic carbocycles. The van der Waals surface area contributed by atoms with Crippen LogP contribution in [0.15, 0.2) is 0 Å². The normalized spacial score (nSPS) is 17.4. The molecule has 0 fully saturated rings.